The van der Waals surface area contributed by atoms with Crippen LogP contribution in [0.5, 0.6) is 0 Å². The van der Waals surface area contributed by atoms with Crippen molar-refractivity contribution in [3.05, 3.63) is 69.7 Å². The summed E-state index contributed by atoms with van der Waals surface area (Å²) in [5.74, 6) is -0.729. The number of carbonyl (C=O) groups is 1. The predicted molar refractivity (Wildman–Crippen MR) is 128 cm³/mol. The number of carbonyl (C=O) groups excluding carboxylic acids is 1. The van der Waals surface area contributed by atoms with E-state index in [0.29, 0.717) is 5.56 Å². The third-order valence-electron chi connectivity index (χ3n) is 4.46. The van der Waals surface area contributed by atoms with Crippen molar-refractivity contribution in [1.82, 2.24) is 4.98 Å². The number of sulfonamides is 2. The monoisotopic (exact) mass is 525 g/mol. The van der Waals surface area contributed by atoms with Crippen molar-refractivity contribution in [1.29, 1.82) is 0 Å². The molecule has 12 nitrogen and oxygen atoms in total. The highest BCUT2D eigenvalue weighted by molar-refractivity contribution is 7.93. The van der Waals surface area contributed by atoms with E-state index < -0.39 is 37.4 Å². The number of thiazole rings is 1. The molecule has 1 heterocycles. The SMILES string of the molecule is Cc1ccc([N+](=O)[O-])cc1N(CC(=O)Nc1ccc(S(=O)(=O)Nc2nccs2)cc1)S(C)(=O)=O. The van der Waals surface area contributed by atoms with Gasteiger partial charge in [-0.1, -0.05) is 6.07 Å². The number of nitro groups is 1. The third kappa shape index (κ3) is 6.06. The molecule has 0 aliphatic rings. The summed E-state index contributed by atoms with van der Waals surface area (Å²) in [5.41, 5.74) is 0.327. The molecule has 3 rings (SSSR count). The summed E-state index contributed by atoms with van der Waals surface area (Å²) in [6.07, 6.45) is 2.34. The first kappa shape index (κ1) is 25.1. The van der Waals surface area contributed by atoms with Gasteiger partial charge in [-0.3, -0.25) is 23.9 Å². The van der Waals surface area contributed by atoms with Gasteiger partial charge < -0.3 is 5.32 Å². The lowest BCUT2D eigenvalue weighted by Crippen LogP contribution is -2.37. The van der Waals surface area contributed by atoms with Crippen molar-refractivity contribution in [2.75, 3.05) is 27.1 Å². The molecular weight excluding hydrogens is 506 g/mol. The van der Waals surface area contributed by atoms with Crippen LogP contribution in [0.15, 0.2) is 58.9 Å². The number of benzene rings is 2. The molecular formula is C19H19N5O7S3. The van der Waals surface area contributed by atoms with Gasteiger partial charge in [-0.25, -0.2) is 21.8 Å². The molecule has 0 aliphatic heterocycles. The fourth-order valence-electron chi connectivity index (χ4n) is 2.86. The maximum atomic E-state index is 12.6. The third-order valence-corrected chi connectivity index (χ3v) is 7.76. The first-order valence-corrected chi connectivity index (χ1v) is 13.6. The molecule has 0 saturated carbocycles. The van der Waals surface area contributed by atoms with E-state index in [1.807, 2.05) is 0 Å². The summed E-state index contributed by atoms with van der Waals surface area (Å²) in [7, 11) is -7.84. The number of nitrogens with zero attached hydrogens (tertiary/aromatic N) is 3. The topological polar surface area (TPSA) is 169 Å². The second-order valence-corrected chi connectivity index (χ2v) is 11.5. The van der Waals surface area contributed by atoms with Gasteiger partial charge in [0.05, 0.1) is 21.8 Å². The zero-order valence-corrected chi connectivity index (χ0v) is 20.3. The Bertz CT molecular complexity index is 1420. The molecule has 0 saturated heterocycles. The Hall–Kier alpha value is -3.56. The number of rotatable bonds is 9. The number of hydrogen-bond donors (Lipinski definition) is 2. The molecule has 0 aliphatic carbocycles. The van der Waals surface area contributed by atoms with Crippen LogP contribution in [0.2, 0.25) is 0 Å². The van der Waals surface area contributed by atoms with E-state index in [-0.39, 0.29) is 27.1 Å². The van der Waals surface area contributed by atoms with Crippen molar-refractivity contribution in [3.8, 4) is 0 Å². The van der Waals surface area contributed by atoms with Gasteiger partial charge >= 0.3 is 0 Å². The number of amides is 1. The van der Waals surface area contributed by atoms with Gasteiger partial charge in [0.25, 0.3) is 15.7 Å². The number of aromatic nitrogens is 1. The molecule has 2 N–H and O–H groups in total. The first-order chi connectivity index (χ1) is 15.9. The van der Waals surface area contributed by atoms with Gasteiger partial charge in [-0.15, -0.1) is 11.3 Å². The zero-order valence-electron chi connectivity index (χ0n) is 17.8. The van der Waals surface area contributed by atoms with Crippen LogP contribution in [0.4, 0.5) is 22.2 Å². The van der Waals surface area contributed by atoms with Crippen molar-refractivity contribution >= 4 is 59.5 Å². The van der Waals surface area contributed by atoms with Crippen LogP contribution in [0.3, 0.4) is 0 Å². The Morgan fingerprint density at radius 2 is 1.82 bits per heavy atom. The van der Waals surface area contributed by atoms with Crippen molar-refractivity contribution in [2.45, 2.75) is 11.8 Å². The van der Waals surface area contributed by atoms with Crippen LogP contribution < -0.4 is 14.3 Å². The average Bonchev–Trinajstić information content (AvgIpc) is 3.24. The minimum atomic E-state index is -3.96. The molecule has 0 atom stereocenters. The van der Waals surface area contributed by atoms with Crippen molar-refractivity contribution in [2.24, 2.45) is 0 Å². The summed E-state index contributed by atoms with van der Waals surface area (Å²) in [6.45, 7) is 0.917. The number of anilines is 3. The van der Waals surface area contributed by atoms with E-state index in [2.05, 4.69) is 15.0 Å². The highest BCUT2D eigenvalue weighted by Gasteiger charge is 2.24. The maximum absolute atomic E-state index is 12.6. The second kappa shape index (κ2) is 9.74. The average molecular weight is 526 g/mol. The van der Waals surface area contributed by atoms with E-state index in [1.165, 1.54) is 42.6 Å². The molecule has 3 aromatic rings. The number of nitro benzene ring substituents is 1. The van der Waals surface area contributed by atoms with Crippen LogP contribution in [-0.2, 0) is 24.8 Å². The van der Waals surface area contributed by atoms with E-state index in [1.54, 1.807) is 12.3 Å². The van der Waals surface area contributed by atoms with E-state index in [4.69, 9.17) is 0 Å². The highest BCUT2D eigenvalue weighted by Crippen LogP contribution is 2.27. The fourth-order valence-corrected chi connectivity index (χ4v) is 5.55. The molecule has 180 valence electrons. The van der Waals surface area contributed by atoms with E-state index >= 15 is 0 Å². The molecule has 0 bridgehead atoms. The fraction of sp³-hybridized carbons (Fsp3) is 0.158. The van der Waals surface area contributed by atoms with Crippen LogP contribution >= 0.6 is 11.3 Å². The summed E-state index contributed by atoms with van der Waals surface area (Å²) >= 11 is 1.12. The molecule has 34 heavy (non-hydrogen) atoms. The molecule has 0 fully saturated rings. The lowest BCUT2D eigenvalue weighted by atomic mass is 10.2. The smallest absolute Gasteiger partial charge is 0.271 e. The largest absolute Gasteiger partial charge is 0.325 e. The molecule has 0 unspecified atom stereocenters. The Morgan fingerprint density at radius 1 is 1.15 bits per heavy atom. The van der Waals surface area contributed by atoms with Gasteiger partial charge in [0.1, 0.15) is 6.54 Å². The Balaban J connectivity index is 1.77. The van der Waals surface area contributed by atoms with Gasteiger partial charge in [0.15, 0.2) is 5.13 Å². The van der Waals surface area contributed by atoms with Gasteiger partial charge in [0, 0.05) is 29.4 Å². The number of nitrogens with one attached hydrogen (secondary N) is 2. The van der Waals surface area contributed by atoms with Crippen LogP contribution in [0, 0.1) is 17.0 Å². The molecule has 2 aromatic carbocycles. The van der Waals surface area contributed by atoms with Gasteiger partial charge in [-0.05, 0) is 36.8 Å². The normalized spacial score (nSPS) is 11.6. The minimum Gasteiger partial charge on any atom is -0.325 e. The zero-order chi connectivity index (χ0) is 25.1. The second-order valence-electron chi connectivity index (χ2n) is 7.01. The van der Waals surface area contributed by atoms with Gasteiger partial charge in [-0.2, -0.15) is 0 Å². The van der Waals surface area contributed by atoms with Crippen LogP contribution in [0.25, 0.3) is 0 Å². The number of aryl methyl sites for hydroxylation is 1. The lowest BCUT2D eigenvalue weighted by molar-refractivity contribution is -0.384. The van der Waals surface area contributed by atoms with E-state index in [0.717, 1.165) is 28.0 Å². The molecule has 1 aromatic heterocycles. The summed E-state index contributed by atoms with van der Waals surface area (Å²) < 4.78 is 52.6. The Morgan fingerprint density at radius 3 is 2.38 bits per heavy atom. The summed E-state index contributed by atoms with van der Waals surface area (Å²) in [4.78, 5) is 26.8. The summed E-state index contributed by atoms with van der Waals surface area (Å²) in [6, 6.07) is 8.93. The minimum absolute atomic E-state index is 0.00144. The van der Waals surface area contributed by atoms with Crippen molar-refractivity contribution in [3.63, 3.8) is 0 Å². The van der Waals surface area contributed by atoms with Crippen molar-refractivity contribution < 1.29 is 26.6 Å². The number of hydrogen-bond acceptors (Lipinski definition) is 9. The highest BCUT2D eigenvalue weighted by atomic mass is 32.2. The maximum Gasteiger partial charge on any atom is 0.271 e. The molecule has 15 heteroatoms. The standard InChI is InChI=1S/C19H19N5O7S3/c1-13-3-6-15(24(26)27)11-17(13)23(33(2,28)29)12-18(25)21-14-4-7-16(8-5-14)34(30,31)22-19-20-9-10-32-19/h3-11H,12H2,1-2H3,(H,20,22)(H,21,25). The molecule has 0 radical (unpaired) electrons. The molecule has 0 spiro atoms. The Labute approximate surface area is 199 Å². The lowest BCUT2D eigenvalue weighted by Gasteiger charge is -2.23. The Kier molecular flexibility index (Phi) is 7.18. The van der Waals surface area contributed by atoms with Crippen LogP contribution in [0.1, 0.15) is 5.56 Å². The quantitative estimate of drug-likeness (QED) is 0.317. The van der Waals surface area contributed by atoms with E-state index in [9.17, 15) is 31.7 Å². The first-order valence-electron chi connectivity index (χ1n) is 9.42. The molecule has 1 amide bonds. The summed E-state index contributed by atoms with van der Waals surface area (Å²) in [5, 5.41) is 15.4. The predicted octanol–water partition coefficient (Wildman–Crippen LogP) is 2.57. The van der Waals surface area contributed by atoms with Crippen LogP contribution in [-0.4, -0.2) is 45.5 Å². The van der Waals surface area contributed by atoms with Gasteiger partial charge in [0.2, 0.25) is 15.9 Å². The number of non-ortho nitro benzene ring substituents is 1.